The third-order valence-electron chi connectivity index (χ3n) is 3.14. The maximum absolute atomic E-state index is 11.0. The van der Waals surface area contributed by atoms with Crippen molar-refractivity contribution in [1.29, 1.82) is 0 Å². The quantitative estimate of drug-likeness (QED) is 0.354. The zero-order valence-corrected chi connectivity index (χ0v) is 14.4. The lowest BCUT2D eigenvalue weighted by atomic mass is 10.2. The Morgan fingerprint density at radius 3 is 2.60 bits per heavy atom. The predicted octanol–water partition coefficient (Wildman–Crippen LogP) is 2.93. The summed E-state index contributed by atoms with van der Waals surface area (Å²) in [6.07, 6.45) is 1.54. The molecule has 2 aromatic rings. The number of hydrogen-bond donors (Lipinski definition) is 2. The second kappa shape index (κ2) is 8.60. The molecular formula is C16H16N4O4S. The summed E-state index contributed by atoms with van der Waals surface area (Å²) in [5, 5.41) is 17.8. The summed E-state index contributed by atoms with van der Waals surface area (Å²) in [7, 11) is 3.10. The Bertz CT molecular complexity index is 810. The standard InChI is InChI=1S/C16H16N4O4S/c1-23-14-8-7-11(9-15(14)24-2)10-17-19-16(25)18-12-5-3-4-6-13(12)20(21)22/h3-10H,1-2H3,(H2,18,19,25)/b17-10-. The second-order valence-electron chi connectivity index (χ2n) is 4.71. The number of rotatable bonds is 6. The van der Waals surface area contributed by atoms with Gasteiger partial charge < -0.3 is 14.8 Å². The zero-order chi connectivity index (χ0) is 18.2. The number of methoxy groups -OCH3 is 2. The molecule has 9 heteroatoms. The molecule has 0 fully saturated rings. The van der Waals surface area contributed by atoms with E-state index in [1.165, 1.54) is 12.3 Å². The molecule has 0 aliphatic carbocycles. The molecule has 0 aliphatic heterocycles. The van der Waals surface area contributed by atoms with Gasteiger partial charge in [-0.1, -0.05) is 12.1 Å². The van der Waals surface area contributed by atoms with Crippen molar-refractivity contribution < 1.29 is 14.4 Å². The average molecular weight is 360 g/mol. The van der Waals surface area contributed by atoms with Gasteiger partial charge in [-0.2, -0.15) is 5.10 Å². The molecule has 2 aromatic carbocycles. The number of nitro groups is 1. The maximum atomic E-state index is 11.0. The molecule has 0 spiro atoms. The van der Waals surface area contributed by atoms with E-state index in [1.54, 1.807) is 50.6 Å². The summed E-state index contributed by atoms with van der Waals surface area (Å²) in [5.74, 6) is 1.19. The third kappa shape index (κ3) is 4.88. The van der Waals surface area contributed by atoms with E-state index in [-0.39, 0.29) is 16.5 Å². The van der Waals surface area contributed by atoms with Crippen LogP contribution in [0, 0.1) is 10.1 Å². The highest BCUT2D eigenvalue weighted by Gasteiger charge is 2.12. The van der Waals surface area contributed by atoms with Crippen LogP contribution in [0.15, 0.2) is 47.6 Å². The number of para-hydroxylation sites is 2. The van der Waals surface area contributed by atoms with Crippen LogP contribution >= 0.6 is 12.2 Å². The summed E-state index contributed by atoms with van der Waals surface area (Å²) < 4.78 is 10.4. The molecule has 0 saturated heterocycles. The summed E-state index contributed by atoms with van der Waals surface area (Å²) in [4.78, 5) is 10.5. The van der Waals surface area contributed by atoms with Crippen LogP contribution in [0.5, 0.6) is 11.5 Å². The summed E-state index contributed by atoms with van der Waals surface area (Å²) >= 11 is 5.08. The fraction of sp³-hybridized carbons (Fsp3) is 0.125. The predicted molar refractivity (Wildman–Crippen MR) is 99.6 cm³/mol. The van der Waals surface area contributed by atoms with Crippen molar-refractivity contribution in [2.24, 2.45) is 5.10 Å². The largest absolute Gasteiger partial charge is 0.493 e. The number of nitrogens with zero attached hydrogens (tertiary/aromatic N) is 2. The van der Waals surface area contributed by atoms with Crippen LogP contribution in [-0.2, 0) is 0 Å². The van der Waals surface area contributed by atoms with Crippen molar-refractivity contribution in [3.63, 3.8) is 0 Å². The molecule has 0 saturated carbocycles. The molecule has 0 heterocycles. The van der Waals surface area contributed by atoms with Crippen LogP contribution < -0.4 is 20.2 Å². The highest BCUT2D eigenvalue weighted by molar-refractivity contribution is 7.80. The van der Waals surface area contributed by atoms with E-state index >= 15 is 0 Å². The Hall–Kier alpha value is -3.20. The third-order valence-corrected chi connectivity index (χ3v) is 3.33. The van der Waals surface area contributed by atoms with Gasteiger partial charge in [0.1, 0.15) is 5.69 Å². The number of benzene rings is 2. The Morgan fingerprint density at radius 1 is 1.20 bits per heavy atom. The molecular weight excluding hydrogens is 344 g/mol. The average Bonchev–Trinajstić information content (AvgIpc) is 2.61. The first-order valence-electron chi connectivity index (χ1n) is 7.10. The number of ether oxygens (including phenoxy) is 2. The van der Waals surface area contributed by atoms with Crippen molar-refractivity contribution in [3.05, 3.63) is 58.1 Å². The minimum absolute atomic E-state index is 0.0736. The van der Waals surface area contributed by atoms with Crippen molar-refractivity contribution >= 4 is 34.9 Å². The molecule has 0 aromatic heterocycles. The molecule has 0 aliphatic rings. The monoisotopic (exact) mass is 360 g/mol. The maximum Gasteiger partial charge on any atom is 0.292 e. The van der Waals surface area contributed by atoms with Gasteiger partial charge in [0.05, 0.1) is 25.4 Å². The normalized spacial score (nSPS) is 10.3. The summed E-state index contributed by atoms with van der Waals surface area (Å²) in [6.45, 7) is 0. The van der Waals surface area contributed by atoms with Crippen molar-refractivity contribution in [3.8, 4) is 11.5 Å². The van der Waals surface area contributed by atoms with E-state index < -0.39 is 4.92 Å². The van der Waals surface area contributed by atoms with E-state index in [9.17, 15) is 10.1 Å². The number of nitro benzene ring substituents is 1. The van der Waals surface area contributed by atoms with Gasteiger partial charge in [-0.3, -0.25) is 15.5 Å². The van der Waals surface area contributed by atoms with Gasteiger partial charge in [0.2, 0.25) is 0 Å². The molecule has 130 valence electrons. The van der Waals surface area contributed by atoms with Gasteiger partial charge in [-0.05, 0) is 42.0 Å². The molecule has 2 N–H and O–H groups in total. The van der Waals surface area contributed by atoms with Gasteiger partial charge in [0, 0.05) is 6.07 Å². The minimum atomic E-state index is -0.488. The Labute approximate surface area is 149 Å². The highest BCUT2D eigenvalue weighted by atomic mass is 32.1. The number of nitrogens with one attached hydrogen (secondary N) is 2. The Kier molecular flexibility index (Phi) is 6.24. The lowest BCUT2D eigenvalue weighted by Gasteiger charge is -2.08. The molecule has 0 unspecified atom stereocenters. The molecule has 25 heavy (non-hydrogen) atoms. The molecule has 0 bridgehead atoms. The summed E-state index contributed by atoms with van der Waals surface area (Å²) in [6, 6.07) is 11.5. The van der Waals surface area contributed by atoms with Crippen LogP contribution in [0.3, 0.4) is 0 Å². The van der Waals surface area contributed by atoms with Gasteiger partial charge in [-0.15, -0.1) is 0 Å². The van der Waals surface area contributed by atoms with Crippen LogP contribution in [0.1, 0.15) is 5.56 Å². The lowest BCUT2D eigenvalue weighted by Crippen LogP contribution is -2.24. The van der Waals surface area contributed by atoms with E-state index in [0.29, 0.717) is 11.5 Å². The topological polar surface area (TPSA) is 98.0 Å². The smallest absolute Gasteiger partial charge is 0.292 e. The molecule has 0 radical (unpaired) electrons. The Balaban J connectivity index is 2.01. The molecule has 8 nitrogen and oxygen atoms in total. The van der Waals surface area contributed by atoms with E-state index in [2.05, 4.69) is 15.8 Å². The first kappa shape index (κ1) is 18.1. The first-order chi connectivity index (χ1) is 12.0. The number of hydrogen-bond acceptors (Lipinski definition) is 6. The van der Waals surface area contributed by atoms with Crippen molar-refractivity contribution in [1.82, 2.24) is 5.43 Å². The van der Waals surface area contributed by atoms with E-state index in [4.69, 9.17) is 21.7 Å². The zero-order valence-electron chi connectivity index (χ0n) is 13.6. The number of anilines is 1. The van der Waals surface area contributed by atoms with Gasteiger partial charge in [0.25, 0.3) is 5.69 Å². The van der Waals surface area contributed by atoms with Gasteiger partial charge in [-0.25, -0.2) is 0 Å². The van der Waals surface area contributed by atoms with Gasteiger partial charge >= 0.3 is 0 Å². The first-order valence-corrected chi connectivity index (χ1v) is 7.51. The Morgan fingerprint density at radius 2 is 1.92 bits per heavy atom. The number of hydrazone groups is 1. The fourth-order valence-electron chi connectivity index (χ4n) is 1.99. The molecule has 0 atom stereocenters. The lowest BCUT2D eigenvalue weighted by molar-refractivity contribution is -0.383. The molecule has 2 rings (SSSR count). The minimum Gasteiger partial charge on any atom is -0.493 e. The van der Waals surface area contributed by atoms with Crippen LogP contribution in [0.2, 0.25) is 0 Å². The van der Waals surface area contributed by atoms with Crippen LogP contribution in [0.4, 0.5) is 11.4 Å². The van der Waals surface area contributed by atoms with E-state index in [1.807, 2.05) is 0 Å². The summed E-state index contributed by atoms with van der Waals surface area (Å²) in [5.41, 5.74) is 3.58. The van der Waals surface area contributed by atoms with E-state index in [0.717, 1.165) is 5.56 Å². The van der Waals surface area contributed by atoms with Crippen molar-refractivity contribution in [2.75, 3.05) is 19.5 Å². The number of thiocarbonyl (C=S) groups is 1. The second-order valence-corrected chi connectivity index (χ2v) is 5.12. The van der Waals surface area contributed by atoms with Crippen LogP contribution in [0.25, 0.3) is 0 Å². The SMILES string of the molecule is COc1ccc(/C=N\NC(=S)Nc2ccccc2[N+](=O)[O-])cc1OC. The molecule has 0 amide bonds. The van der Waals surface area contributed by atoms with Gasteiger partial charge in [0.15, 0.2) is 16.6 Å². The van der Waals surface area contributed by atoms with Crippen LogP contribution in [-0.4, -0.2) is 30.5 Å². The fourth-order valence-corrected chi connectivity index (χ4v) is 2.15. The highest BCUT2D eigenvalue weighted by Crippen LogP contribution is 2.27. The van der Waals surface area contributed by atoms with Crippen molar-refractivity contribution in [2.45, 2.75) is 0 Å².